The van der Waals surface area contributed by atoms with Crippen LogP contribution in [0.5, 0.6) is 5.75 Å². The fraction of sp³-hybridized carbons (Fsp3) is 0.522. The monoisotopic (exact) mass is 354 g/mol. The lowest BCUT2D eigenvalue weighted by Gasteiger charge is -2.20. The van der Waals surface area contributed by atoms with Gasteiger partial charge in [-0.15, -0.1) is 0 Å². The molecule has 0 aliphatic carbocycles. The van der Waals surface area contributed by atoms with Crippen molar-refractivity contribution in [3.63, 3.8) is 0 Å². The van der Waals surface area contributed by atoms with Gasteiger partial charge in [0.05, 0.1) is 12.8 Å². The Morgan fingerprint density at radius 1 is 1.04 bits per heavy atom. The van der Waals surface area contributed by atoms with Gasteiger partial charge in [0, 0.05) is 28.9 Å². The summed E-state index contributed by atoms with van der Waals surface area (Å²) < 4.78 is 5.84. The summed E-state index contributed by atoms with van der Waals surface area (Å²) in [7, 11) is 1.77. The average molecular weight is 355 g/mol. The molecule has 0 amide bonds. The molecule has 0 radical (unpaired) electrons. The number of aryl methyl sites for hydroxylation is 3. The molecule has 0 atom stereocenters. The summed E-state index contributed by atoms with van der Waals surface area (Å²) in [6.45, 7) is 12.7. The zero-order chi connectivity index (χ0) is 19.1. The number of hydrogen-bond acceptors (Lipinski definition) is 3. The number of rotatable bonds is 9. The van der Waals surface area contributed by atoms with Crippen LogP contribution < -0.4 is 10.1 Å². The van der Waals surface area contributed by atoms with Crippen molar-refractivity contribution in [2.24, 2.45) is 0 Å². The van der Waals surface area contributed by atoms with Gasteiger partial charge in [0.2, 0.25) is 0 Å². The normalized spacial score (nSPS) is 11.0. The quantitative estimate of drug-likeness (QED) is 0.613. The first-order valence-electron chi connectivity index (χ1n) is 9.94. The van der Waals surface area contributed by atoms with Gasteiger partial charge < -0.3 is 10.1 Å². The molecule has 1 aromatic carbocycles. The number of aromatic nitrogens is 1. The number of unbranched alkanes of at least 4 members (excludes halogenated alkanes) is 1. The van der Waals surface area contributed by atoms with Crippen molar-refractivity contribution in [1.82, 2.24) is 10.3 Å². The molecule has 0 aliphatic rings. The van der Waals surface area contributed by atoms with Crippen molar-refractivity contribution in [3.8, 4) is 17.0 Å². The van der Waals surface area contributed by atoms with Gasteiger partial charge >= 0.3 is 0 Å². The van der Waals surface area contributed by atoms with Crippen molar-refractivity contribution in [3.05, 3.63) is 46.1 Å². The van der Waals surface area contributed by atoms with Gasteiger partial charge in [-0.25, -0.2) is 0 Å². The second-order valence-corrected chi connectivity index (χ2v) is 6.87. The smallest absolute Gasteiger partial charge is 0.130 e. The van der Waals surface area contributed by atoms with Crippen molar-refractivity contribution in [2.75, 3.05) is 13.7 Å². The Bertz CT molecular complexity index is 715. The van der Waals surface area contributed by atoms with E-state index in [2.05, 4.69) is 58.1 Å². The number of nitrogens with zero attached hydrogens (tertiary/aromatic N) is 1. The Labute approximate surface area is 159 Å². The minimum absolute atomic E-state index is 0.805. The standard InChI is InChI=1S/C23H34N2O/c1-7-10-14-24-15-20-17(5)25-22(16(4)23(20)26-6)21-18(8-2)12-11-13-19(21)9-3/h11-13,24H,7-10,14-15H2,1-6H3. The number of pyridine rings is 1. The summed E-state index contributed by atoms with van der Waals surface area (Å²) in [5, 5.41) is 3.53. The van der Waals surface area contributed by atoms with E-state index in [1.165, 1.54) is 35.1 Å². The highest BCUT2D eigenvalue weighted by molar-refractivity contribution is 5.73. The maximum atomic E-state index is 5.84. The van der Waals surface area contributed by atoms with Crippen LogP contribution in [0.2, 0.25) is 0 Å². The third-order valence-electron chi connectivity index (χ3n) is 5.13. The molecule has 1 heterocycles. The molecular formula is C23H34N2O. The summed E-state index contributed by atoms with van der Waals surface area (Å²) in [5.41, 5.74) is 8.45. The number of benzene rings is 1. The van der Waals surface area contributed by atoms with Crippen LogP contribution in [0.15, 0.2) is 18.2 Å². The zero-order valence-corrected chi connectivity index (χ0v) is 17.3. The minimum atomic E-state index is 0.805. The third-order valence-corrected chi connectivity index (χ3v) is 5.13. The fourth-order valence-electron chi connectivity index (χ4n) is 3.61. The molecule has 0 fully saturated rings. The number of ether oxygens (including phenoxy) is 1. The first-order chi connectivity index (χ1) is 12.6. The molecule has 142 valence electrons. The molecule has 2 rings (SSSR count). The van der Waals surface area contributed by atoms with Crippen LogP contribution in [0.1, 0.15) is 61.6 Å². The van der Waals surface area contributed by atoms with E-state index in [9.17, 15) is 0 Å². The molecule has 0 aliphatic heterocycles. The second-order valence-electron chi connectivity index (χ2n) is 6.87. The lowest BCUT2D eigenvalue weighted by molar-refractivity contribution is 0.403. The highest BCUT2D eigenvalue weighted by atomic mass is 16.5. The number of nitrogens with one attached hydrogen (secondary N) is 1. The van der Waals surface area contributed by atoms with Crippen LogP contribution in [-0.4, -0.2) is 18.6 Å². The average Bonchev–Trinajstić information content (AvgIpc) is 2.66. The van der Waals surface area contributed by atoms with E-state index < -0.39 is 0 Å². The Morgan fingerprint density at radius 2 is 1.69 bits per heavy atom. The molecule has 3 heteroatoms. The topological polar surface area (TPSA) is 34.2 Å². The minimum Gasteiger partial charge on any atom is -0.496 e. The van der Waals surface area contributed by atoms with Gasteiger partial charge in [0.15, 0.2) is 0 Å². The van der Waals surface area contributed by atoms with Gasteiger partial charge in [0.1, 0.15) is 5.75 Å². The van der Waals surface area contributed by atoms with E-state index in [1.54, 1.807) is 7.11 Å². The molecule has 0 saturated heterocycles. The predicted octanol–water partition coefficient (Wildman–Crippen LogP) is 5.39. The van der Waals surface area contributed by atoms with Gasteiger partial charge in [-0.05, 0) is 50.8 Å². The fourth-order valence-corrected chi connectivity index (χ4v) is 3.61. The Balaban J connectivity index is 2.54. The lowest BCUT2D eigenvalue weighted by atomic mass is 9.91. The van der Waals surface area contributed by atoms with Crippen LogP contribution in [0.4, 0.5) is 0 Å². The van der Waals surface area contributed by atoms with E-state index in [1.807, 2.05) is 0 Å². The molecule has 3 nitrogen and oxygen atoms in total. The number of methoxy groups -OCH3 is 1. The summed E-state index contributed by atoms with van der Waals surface area (Å²) in [6, 6.07) is 6.60. The van der Waals surface area contributed by atoms with Crippen molar-refractivity contribution >= 4 is 0 Å². The zero-order valence-electron chi connectivity index (χ0n) is 17.3. The molecule has 0 bridgehead atoms. The van der Waals surface area contributed by atoms with E-state index in [0.717, 1.165) is 48.6 Å². The summed E-state index contributed by atoms with van der Waals surface area (Å²) in [4.78, 5) is 5.05. The SMILES string of the molecule is CCCCNCc1c(C)nc(-c2c(CC)cccc2CC)c(C)c1OC. The van der Waals surface area contributed by atoms with Gasteiger partial charge in [-0.3, -0.25) is 4.98 Å². The molecule has 26 heavy (non-hydrogen) atoms. The molecule has 2 aromatic rings. The first kappa shape index (κ1) is 20.4. The Morgan fingerprint density at radius 3 is 2.23 bits per heavy atom. The Hall–Kier alpha value is -1.87. The van der Waals surface area contributed by atoms with Crippen LogP contribution in [0, 0.1) is 13.8 Å². The molecule has 0 spiro atoms. The van der Waals surface area contributed by atoms with Crippen LogP contribution in [0.3, 0.4) is 0 Å². The van der Waals surface area contributed by atoms with Gasteiger partial charge in [0.25, 0.3) is 0 Å². The molecular weight excluding hydrogens is 320 g/mol. The number of hydrogen-bond donors (Lipinski definition) is 1. The van der Waals surface area contributed by atoms with Gasteiger partial charge in [-0.1, -0.05) is 45.4 Å². The van der Waals surface area contributed by atoms with Crippen molar-refractivity contribution < 1.29 is 4.74 Å². The second kappa shape index (κ2) is 9.72. The van der Waals surface area contributed by atoms with Crippen LogP contribution in [0.25, 0.3) is 11.3 Å². The van der Waals surface area contributed by atoms with Crippen LogP contribution in [-0.2, 0) is 19.4 Å². The Kier molecular flexibility index (Phi) is 7.65. The summed E-state index contributed by atoms with van der Waals surface area (Å²) in [5.74, 6) is 0.976. The largest absolute Gasteiger partial charge is 0.496 e. The van der Waals surface area contributed by atoms with Gasteiger partial charge in [-0.2, -0.15) is 0 Å². The van der Waals surface area contributed by atoms with E-state index in [-0.39, 0.29) is 0 Å². The maximum Gasteiger partial charge on any atom is 0.130 e. The maximum absolute atomic E-state index is 5.84. The van der Waals surface area contributed by atoms with E-state index in [4.69, 9.17) is 9.72 Å². The van der Waals surface area contributed by atoms with E-state index >= 15 is 0 Å². The highest BCUT2D eigenvalue weighted by Gasteiger charge is 2.20. The highest BCUT2D eigenvalue weighted by Crippen LogP contribution is 2.36. The molecule has 0 unspecified atom stereocenters. The van der Waals surface area contributed by atoms with E-state index in [0.29, 0.717) is 0 Å². The van der Waals surface area contributed by atoms with Crippen molar-refractivity contribution in [1.29, 1.82) is 0 Å². The third kappa shape index (κ3) is 4.27. The van der Waals surface area contributed by atoms with Crippen molar-refractivity contribution in [2.45, 2.75) is 66.8 Å². The molecule has 1 aromatic heterocycles. The molecule has 1 N–H and O–H groups in total. The summed E-state index contributed by atoms with van der Waals surface area (Å²) in [6.07, 6.45) is 4.40. The predicted molar refractivity (Wildman–Crippen MR) is 111 cm³/mol. The molecule has 0 saturated carbocycles. The summed E-state index contributed by atoms with van der Waals surface area (Å²) >= 11 is 0. The van der Waals surface area contributed by atoms with Crippen LogP contribution >= 0.6 is 0 Å². The first-order valence-corrected chi connectivity index (χ1v) is 9.94. The lowest BCUT2D eigenvalue weighted by Crippen LogP contribution is -2.17.